The molecule has 0 aromatic carbocycles. The van der Waals surface area contributed by atoms with Gasteiger partial charge in [0, 0.05) is 11.1 Å². The summed E-state index contributed by atoms with van der Waals surface area (Å²) >= 11 is 1.11. The molecule has 0 amide bonds. The van der Waals surface area contributed by atoms with Gasteiger partial charge in [0.2, 0.25) is 10.0 Å². The van der Waals surface area contributed by atoms with E-state index in [1.54, 1.807) is 5.38 Å². The van der Waals surface area contributed by atoms with Crippen molar-refractivity contribution in [1.29, 1.82) is 0 Å². The van der Waals surface area contributed by atoms with Crippen molar-refractivity contribution < 1.29 is 8.42 Å². The standard InChI is InChI=1S/C5H8N2O2S2/c1-7-11(8,9)5-2-4(6)3-10-5/h2-3,7H,6H2,1H3. The lowest BCUT2D eigenvalue weighted by molar-refractivity contribution is 0.590. The highest BCUT2D eigenvalue weighted by atomic mass is 32.2. The highest BCUT2D eigenvalue weighted by Gasteiger charge is 2.12. The Morgan fingerprint density at radius 3 is 2.64 bits per heavy atom. The molecule has 0 saturated heterocycles. The molecule has 0 atom stereocenters. The van der Waals surface area contributed by atoms with E-state index in [0.29, 0.717) is 5.69 Å². The van der Waals surface area contributed by atoms with Crippen LogP contribution in [0.2, 0.25) is 0 Å². The highest BCUT2D eigenvalue weighted by Crippen LogP contribution is 2.20. The minimum absolute atomic E-state index is 0.248. The normalized spacial score (nSPS) is 11.7. The van der Waals surface area contributed by atoms with E-state index in [0.717, 1.165) is 11.3 Å². The van der Waals surface area contributed by atoms with Crippen LogP contribution in [-0.2, 0) is 10.0 Å². The van der Waals surface area contributed by atoms with E-state index in [1.807, 2.05) is 0 Å². The molecule has 0 aliphatic heterocycles. The summed E-state index contributed by atoms with van der Waals surface area (Å²) < 4.78 is 24.6. The molecule has 0 saturated carbocycles. The molecule has 0 spiro atoms. The maximum atomic E-state index is 11.1. The lowest BCUT2D eigenvalue weighted by atomic mass is 10.6. The number of hydrogen-bond donors (Lipinski definition) is 2. The molecule has 4 nitrogen and oxygen atoms in total. The predicted octanol–water partition coefficient (Wildman–Crippen LogP) is 0.238. The van der Waals surface area contributed by atoms with Gasteiger partial charge in [0.15, 0.2) is 0 Å². The van der Waals surface area contributed by atoms with Gasteiger partial charge in [-0.25, -0.2) is 13.1 Å². The van der Waals surface area contributed by atoms with Crippen LogP contribution in [0.15, 0.2) is 15.7 Å². The van der Waals surface area contributed by atoms with Gasteiger partial charge in [-0.1, -0.05) is 0 Å². The Labute approximate surface area is 69.1 Å². The summed E-state index contributed by atoms with van der Waals surface area (Å²) in [6, 6.07) is 1.43. The summed E-state index contributed by atoms with van der Waals surface area (Å²) in [5.74, 6) is 0. The second kappa shape index (κ2) is 2.80. The molecule has 1 rings (SSSR count). The van der Waals surface area contributed by atoms with E-state index < -0.39 is 10.0 Å². The molecule has 0 unspecified atom stereocenters. The molecule has 0 radical (unpaired) electrons. The molecule has 0 bridgehead atoms. The molecule has 62 valence electrons. The van der Waals surface area contributed by atoms with Crippen LogP contribution in [0.25, 0.3) is 0 Å². The molecule has 6 heteroatoms. The van der Waals surface area contributed by atoms with Gasteiger partial charge >= 0.3 is 0 Å². The Morgan fingerprint density at radius 2 is 2.27 bits per heavy atom. The topological polar surface area (TPSA) is 72.2 Å². The summed E-state index contributed by atoms with van der Waals surface area (Å²) in [5, 5.41) is 1.59. The molecular formula is C5H8N2O2S2. The number of anilines is 1. The zero-order valence-corrected chi connectivity index (χ0v) is 7.50. The third-order valence-electron chi connectivity index (χ3n) is 1.13. The molecule has 0 aliphatic rings. The van der Waals surface area contributed by atoms with E-state index in [1.165, 1.54) is 13.1 Å². The average Bonchev–Trinajstić information content (AvgIpc) is 2.36. The van der Waals surface area contributed by atoms with Crippen LogP contribution in [0.3, 0.4) is 0 Å². The number of rotatable bonds is 2. The minimum Gasteiger partial charge on any atom is -0.398 e. The fourth-order valence-corrected chi connectivity index (χ4v) is 2.49. The van der Waals surface area contributed by atoms with Crippen LogP contribution < -0.4 is 10.5 Å². The number of hydrogen-bond acceptors (Lipinski definition) is 4. The van der Waals surface area contributed by atoms with Crippen LogP contribution in [0.4, 0.5) is 5.69 Å². The SMILES string of the molecule is CNS(=O)(=O)c1cc(N)cs1. The summed E-state index contributed by atoms with van der Waals surface area (Å²) in [7, 11) is -1.92. The van der Waals surface area contributed by atoms with Gasteiger partial charge < -0.3 is 5.73 Å². The number of sulfonamides is 1. The third-order valence-corrected chi connectivity index (χ3v) is 4.00. The quantitative estimate of drug-likeness (QED) is 0.705. The maximum Gasteiger partial charge on any atom is 0.249 e. The molecule has 0 fully saturated rings. The van der Waals surface area contributed by atoms with Gasteiger partial charge in [-0.15, -0.1) is 11.3 Å². The first kappa shape index (κ1) is 8.51. The van der Waals surface area contributed by atoms with Crippen molar-refractivity contribution in [3.05, 3.63) is 11.4 Å². The van der Waals surface area contributed by atoms with Gasteiger partial charge in [-0.2, -0.15) is 0 Å². The molecule has 1 heterocycles. The summed E-state index contributed by atoms with van der Waals surface area (Å²) in [5.41, 5.74) is 5.82. The van der Waals surface area contributed by atoms with Crippen molar-refractivity contribution >= 4 is 27.0 Å². The Kier molecular flexibility index (Phi) is 2.17. The van der Waals surface area contributed by atoms with Crippen LogP contribution >= 0.6 is 11.3 Å². The van der Waals surface area contributed by atoms with Crippen LogP contribution in [0.1, 0.15) is 0 Å². The van der Waals surface area contributed by atoms with Gasteiger partial charge in [-0.05, 0) is 13.1 Å². The van der Waals surface area contributed by atoms with Crippen molar-refractivity contribution in [2.75, 3.05) is 12.8 Å². The number of nitrogen functional groups attached to an aromatic ring is 1. The van der Waals surface area contributed by atoms with Crippen molar-refractivity contribution in [2.45, 2.75) is 4.21 Å². The highest BCUT2D eigenvalue weighted by molar-refractivity contribution is 7.91. The Hall–Kier alpha value is -0.590. The van der Waals surface area contributed by atoms with Gasteiger partial charge in [-0.3, -0.25) is 0 Å². The third kappa shape index (κ3) is 1.70. The van der Waals surface area contributed by atoms with E-state index in [2.05, 4.69) is 4.72 Å². The van der Waals surface area contributed by atoms with E-state index in [9.17, 15) is 8.42 Å². The first-order valence-electron chi connectivity index (χ1n) is 2.84. The van der Waals surface area contributed by atoms with Gasteiger partial charge in [0.25, 0.3) is 0 Å². The van der Waals surface area contributed by atoms with E-state index in [-0.39, 0.29) is 4.21 Å². The van der Waals surface area contributed by atoms with Gasteiger partial charge in [0.05, 0.1) is 0 Å². The predicted molar refractivity (Wildman–Crippen MR) is 45.0 cm³/mol. The Balaban J connectivity index is 3.13. The van der Waals surface area contributed by atoms with Gasteiger partial charge in [0.1, 0.15) is 4.21 Å². The fourth-order valence-electron chi connectivity index (χ4n) is 0.572. The van der Waals surface area contributed by atoms with Crippen molar-refractivity contribution in [3.63, 3.8) is 0 Å². The lowest BCUT2D eigenvalue weighted by Crippen LogP contribution is -2.17. The zero-order chi connectivity index (χ0) is 8.48. The maximum absolute atomic E-state index is 11.1. The number of thiophene rings is 1. The molecule has 11 heavy (non-hydrogen) atoms. The van der Waals surface area contributed by atoms with Crippen molar-refractivity contribution in [3.8, 4) is 0 Å². The Morgan fingerprint density at radius 1 is 1.64 bits per heavy atom. The first-order chi connectivity index (χ1) is 5.06. The van der Waals surface area contributed by atoms with Crippen LogP contribution in [0, 0.1) is 0 Å². The van der Waals surface area contributed by atoms with E-state index >= 15 is 0 Å². The second-order valence-electron chi connectivity index (χ2n) is 1.91. The number of nitrogens with two attached hydrogens (primary N) is 1. The van der Waals surface area contributed by atoms with E-state index in [4.69, 9.17) is 5.73 Å². The zero-order valence-electron chi connectivity index (χ0n) is 5.87. The lowest BCUT2D eigenvalue weighted by Gasteiger charge is -1.95. The molecule has 3 N–H and O–H groups in total. The van der Waals surface area contributed by atoms with Crippen molar-refractivity contribution in [2.24, 2.45) is 0 Å². The molecular weight excluding hydrogens is 184 g/mol. The summed E-state index contributed by atoms with van der Waals surface area (Å²) in [4.78, 5) is 0. The average molecular weight is 192 g/mol. The first-order valence-corrected chi connectivity index (χ1v) is 5.20. The van der Waals surface area contributed by atoms with Crippen LogP contribution in [0.5, 0.6) is 0 Å². The molecule has 1 aromatic heterocycles. The second-order valence-corrected chi connectivity index (χ2v) is 4.93. The number of nitrogens with one attached hydrogen (secondary N) is 1. The molecule has 0 aliphatic carbocycles. The van der Waals surface area contributed by atoms with Crippen LogP contribution in [-0.4, -0.2) is 15.5 Å². The fraction of sp³-hybridized carbons (Fsp3) is 0.200. The minimum atomic E-state index is -3.29. The summed E-state index contributed by atoms with van der Waals surface area (Å²) in [6.07, 6.45) is 0. The largest absolute Gasteiger partial charge is 0.398 e. The molecule has 1 aromatic rings. The Bertz CT molecular complexity index is 341. The monoisotopic (exact) mass is 192 g/mol. The summed E-state index contributed by atoms with van der Waals surface area (Å²) in [6.45, 7) is 0. The van der Waals surface area contributed by atoms with Crippen molar-refractivity contribution in [1.82, 2.24) is 4.72 Å². The smallest absolute Gasteiger partial charge is 0.249 e.